The number of nitrogens with two attached hydrogens (primary N) is 1. The Hall–Kier alpha value is -3.29. The van der Waals surface area contributed by atoms with Crippen molar-refractivity contribution in [1.82, 2.24) is 5.01 Å². The van der Waals surface area contributed by atoms with E-state index in [0.717, 1.165) is 17.1 Å². The molecule has 2 amide bonds. The molecule has 1 unspecified atom stereocenters. The van der Waals surface area contributed by atoms with Gasteiger partial charge in [0.15, 0.2) is 0 Å². The highest BCUT2D eigenvalue weighted by Crippen LogP contribution is 2.42. The highest BCUT2D eigenvalue weighted by Gasteiger charge is 2.40. The van der Waals surface area contributed by atoms with Crippen molar-refractivity contribution >= 4 is 11.7 Å². The second-order valence-corrected chi connectivity index (χ2v) is 5.84. The van der Waals surface area contributed by atoms with Crippen LogP contribution in [-0.4, -0.2) is 16.8 Å². The van der Waals surface area contributed by atoms with E-state index in [1.807, 2.05) is 0 Å². The predicted molar refractivity (Wildman–Crippen MR) is 87.3 cm³/mol. The Bertz CT molecular complexity index is 949. The molecule has 0 saturated carbocycles. The van der Waals surface area contributed by atoms with Crippen LogP contribution in [0.25, 0.3) is 0 Å². The van der Waals surface area contributed by atoms with Gasteiger partial charge in [-0.25, -0.2) is 9.80 Å². The van der Waals surface area contributed by atoms with Crippen molar-refractivity contribution in [3.05, 3.63) is 77.1 Å². The van der Waals surface area contributed by atoms with Gasteiger partial charge in [0, 0.05) is 11.1 Å². The topological polar surface area (TPSA) is 67.9 Å². The first-order valence-corrected chi connectivity index (χ1v) is 7.67. The summed E-state index contributed by atoms with van der Waals surface area (Å²) in [5.41, 5.74) is 6.86. The third-order valence-electron chi connectivity index (χ3n) is 4.25. The molecule has 0 aromatic heterocycles. The molecule has 0 fully saturated rings. The molecule has 2 aliphatic rings. The summed E-state index contributed by atoms with van der Waals surface area (Å²) in [5, 5.41) is 5.34. The van der Waals surface area contributed by atoms with Crippen LogP contribution in [0.15, 0.2) is 65.5 Å². The highest BCUT2D eigenvalue weighted by molar-refractivity contribution is 6.17. The minimum atomic E-state index is -4.44. The fourth-order valence-corrected chi connectivity index (χ4v) is 3.06. The van der Waals surface area contributed by atoms with Crippen LogP contribution in [0.3, 0.4) is 0 Å². The molecule has 2 N–H and O–H groups in total. The summed E-state index contributed by atoms with van der Waals surface area (Å²) in [6.07, 6.45) is -2.99. The normalized spacial score (nSPS) is 18.4. The number of carbonyl (C=O) groups excluding carboxylic acids is 1. The van der Waals surface area contributed by atoms with Gasteiger partial charge in [-0.15, -0.1) is 0 Å². The molecular formula is C18H12F3N3O2. The standard InChI is InChI=1S/C18H12F3N3O2/c19-18(20,21)11-7-5-10(6-8-11)16-13-9-26-14-4-2-1-3-12(14)15(13)23-24(16)17(22)25/h1-9,16H,(H2,22,25). The van der Waals surface area contributed by atoms with Gasteiger partial charge in [0.1, 0.15) is 17.5 Å². The summed E-state index contributed by atoms with van der Waals surface area (Å²) in [4.78, 5) is 11.9. The third kappa shape index (κ3) is 2.50. The minimum absolute atomic E-state index is 0.449. The molecule has 26 heavy (non-hydrogen) atoms. The molecule has 0 bridgehead atoms. The number of hydrogen-bond acceptors (Lipinski definition) is 3. The zero-order valence-corrected chi connectivity index (χ0v) is 13.2. The van der Waals surface area contributed by atoms with Crippen LogP contribution in [0.1, 0.15) is 22.7 Å². The number of alkyl halides is 3. The number of rotatable bonds is 1. The molecule has 2 aliphatic heterocycles. The fourth-order valence-electron chi connectivity index (χ4n) is 3.06. The average molecular weight is 359 g/mol. The Morgan fingerprint density at radius 2 is 1.81 bits per heavy atom. The quantitative estimate of drug-likeness (QED) is 0.841. The van der Waals surface area contributed by atoms with Crippen LogP contribution in [0.4, 0.5) is 18.0 Å². The number of para-hydroxylation sites is 1. The summed E-state index contributed by atoms with van der Waals surface area (Å²) in [5.74, 6) is 0.576. The first-order valence-electron chi connectivity index (χ1n) is 7.67. The number of ether oxygens (including phenoxy) is 1. The number of hydrogen-bond donors (Lipinski definition) is 1. The molecule has 0 spiro atoms. The lowest BCUT2D eigenvalue weighted by Gasteiger charge is -2.23. The summed E-state index contributed by atoms with van der Waals surface area (Å²) in [7, 11) is 0. The van der Waals surface area contributed by atoms with Gasteiger partial charge < -0.3 is 10.5 Å². The largest absolute Gasteiger partial charge is 0.464 e. The smallest absolute Gasteiger partial charge is 0.416 e. The van der Waals surface area contributed by atoms with E-state index in [2.05, 4.69) is 5.10 Å². The van der Waals surface area contributed by atoms with E-state index in [0.29, 0.717) is 28.2 Å². The Labute approximate surface area is 146 Å². The maximum absolute atomic E-state index is 12.8. The molecular weight excluding hydrogens is 347 g/mol. The van der Waals surface area contributed by atoms with E-state index < -0.39 is 23.8 Å². The maximum atomic E-state index is 12.8. The molecule has 0 saturated heterocycles. The van der Waals surface area contributed by atoms with Gasteiger partial charge >= 0.3 is 12.2 Å². The van der Waals surface area contributed by atoms with Gasteiger partial charge in [0.05, 0.1) is 11.8 Å². The van der Waals surface area contributed by atoms with Gasteiger partial charge in [-0.05, 0) is 29.8 Å². The zero-order valence-electron chi connectivity index (χ0n) is 13.2. The van der Waals surface area contributed by atoms with Crippen molar-refractivity contribution in [1.29, 1.82) is 0 Å². The SMILES string of the molecule is NC(=O)N1N=C2C(=COc3ccccc32)C1c1ccc(C(F)(F)F)cc1. The van der Waals surface area contributed by atoms with Gasteiger partial charge in [0.2, 0.25) is 0 Å². The van der Waals surface area contributed by atoms with Crippen LogP contribution in [0.2, 0.25) is 0 Å². The Balaban J connectivity index is 1.78. The maximum Gasteiger partial charge on any atom is 0.416 e. The molecule has 0 aliphatic carbocycles. The Morgan fingerprint density at radius 1 is 1.12 bits per heavy atom. The van der Waals surface area contributed by atoms with Crippen LogP contribution in [0, 0.1) is 0 Å². The fraction of sp³-hybridized carbons (Fsp3) is 0.111. The summed E-state index contributed by atoms with van der Waals surface area (Å²) in [6.45, 7) is 0. The third-order valence-corrected chi connectivity index (χ3v) is 4.25. The second kappa shape index (κ2) is 5.62. The minimum Gasteiger partial charge on any atom is -0.464 e. The van der Waals surface area contributed by atoms with Crippen LogP contribution < -0.4 is 10.5 Å². The van der Waals surface area contributed by atoms with Crippen LogP contribution >= 0.6 is 0 Å². The number of primary amides is 1. The van der Waals surface area contributed by atoms with Crippen molar-refractivity contribution in [2.75, 3.05) is 0 Å². The Kier molecular flexibility index (Phi) is 3.50. The molecule has 132 valence electrons. The first-order chi connectivity index (χ1) is 12.4. The van der Waals surface area contributed by atoms with E-state index in [9.17, 15) is 18.0 Å². The lowest BCUT2D eigenvalue weighted by atomic mass is 9.91. The van der Waals surface area contributed by atoms with Crippen molar-refractivity contribution in [3.8, 4) is 5.75 Å². The van der Waals surface area contributed by atoms with E-state index in [-0.39, 0.29) is 0 Å². The van der Waals surface area contributed by atoms with Gasteiger partial charge in [-0.2, -0.15) is 18.3 Å². The van der Waals surface area contributed by atoms with Crippen molar-refractivity contribution in [2.45, 2.75) is 12.2 Å². The van der Waals surface area contributed by atoms with Crippen molar-refractivity contribution in [2.24, 2.45) is 10.8 Å². The summed E-state index contributed by atoms with van der Waals surface area (Å²) >= 11 is 0. The molecule has 2 aromatic carbocycles. The summed E-state index contributed by atoms with van der Waals surface area (Å²) < 4.78 is 44.0. The highest BCUT2D eigenvalue weighted by atomic mass is 19.4. The van der Waals surface area contributed by atoms with Crippen molar-refractivity contribution < 1.29 is 22.7 Å². The number of hydrazone groups is 1. The number of fused-ring (bicyclic) bond motifs is 3. The molecule has 4 rings (SSSR count). The Morgan fingerprint density at radius 3 is 2.46 bits per heavy atom. The molecule has 2 heterocycles. The molecule has 0 radical (unpaired) electrons. The number of urea groups is 1. The molecule has 2 aromatic rings. The number of benzene rings is 2. The predicted octanol–water partition coefficient (Wildman–Crippen LogP) is 3.82. The molecule has 5 nitrogen and oxygen atoms in total. The number of nitrogens with zero attached hydrogens (tertiary/aromatic N) is 2. The monoisotopic (exact) mass is 359 g/mol. The summed E-state index contributed by atoms with van der Waals surface area (Å²) in [6, 6.07) is 10.1. The van der Waals surface area contributed by atoms with E-state index >= 15 is 0 Å². The van der Waals surface area contributed by atoms with Gasteiger partial charge in [-0.3, -0.25) is 0 Å². The van der Waals surface area contributed by atoms with Crippen LogP contribution in [0.5, 0.6) is 5.75 Å². The number of amides is 2. The number of halogens is 3. The molecule has 8 heteroatoms. The van der Waals surface area contributed by atoms with Gasteiger partial charge in [-0.1, -0.05) is 24.3 Å². The van der Waals surface area contributed by atoms with Gasteiger partial charge in [0.25, 0.3) is 0 Å². The average Bonchev–Trinajstić information content (AvgIpc) is 3.01. The van der Waals surface area contributed by atoms with E-state index in [1.165, 1.54) is 18.4 Å². The number of carbonyl (C=O) groups is 1. The second-order valence-electron chi connectivity index (χ2n) is 5.84. The van der Waals surface area contributed by atoms with Crippen LogP contribution in [-0.2, 0) is 6.18 Å². The van der Waals surface area contributed by atoms with E-state index in [1.54, 1.807) is 24.3 Å². The lowest BCUT2D eigenvalue weighted by Crippen LogP contribution is -2.32. The van der Waals surface area contributed by atoms with E-state index in [4.69, 9.17) is 10.5 Å². The molecule has 1 atom stereocenters. The zero-order chi connectivity index (χ0) is 18.5. The lowest BCUT2D eigenvalue weighted by molar-refractivity contribution is -0.137. The van der Waals surface area contributed by atoms with Crippen molar-refractivity contribution in [3.63, 3.8) is 0 Å². The first kappa shape index (κ1) is 16.2.